The summed E-state index contributed by atoms with van der Waals surface area (Å²) in [5.74, 6) is -0.954. The lowest BCUT2D eigenvalue weighted by Gasteiger charge is -2.28. The molecule has 2 amide bonds. The molecule has 0 radical (unpaired) electrons. The van der Waals surface area contributed by atoms with Crippen molar-refractivity contribution < 1.29 is 24.2 Å². The van der Waals surface area contributed by atoms with Gasteiger partial charge in [0.2, 0.25) is 0 Å². The summed E-state index contributed by atoms with van der Waals surface area (Å²) in [4.78, 5) is 26.9. The molecule has 7 nitrogen and oxygen atoms in total. The fourth-order valence-electron chi connectivity index (χ4n) is 3.07. The van der Waals surface area contributed by atoms with Crippen LogP contribution in [0.1, 0.15) is 13.3 Å². The maximum absolute atomic E-state index is 12.5. The van der Waals surface area contributed by atoms with Crippen LogP contribution in [0.2, 0.25) is 0 Å². The smallest absolute Gasteiger partial charge is 0.326 e. The first-order valence-electron chi connectivity index (χ1n) is 6.83. The Balaban J connectivity index is 2.06. The van der Waals surface area contributed by atoms with Crippen LogP contribution in [0, 0.1) is 5.92 Å². The molecule has 2 aliphatic rings. The third-order valence-corrected chi connectivity index (χ3v) is 4.29. The third-order valence-electron chi connectivity index (χ3n) is 4.29. The highest BCUT2D eigenvalue weighted by Crippen LogP contribution is 2.27. The normalized spacial score (nSPS) is 33.8. The van der Waals surface area contributed by atoms with E-state index < -0.39 is 12.0 Å². The molecule has 2 heterocycles. The number of carboxylic acid groups (broad SMARTS) is 1. The molecule has 7 heteroatoms. The molecule has 114 valence electrons. The molecule has 0 aliphatic carbocycles. The van der Waals surface area contributed by atoms with Gasteiger partial charge in [-0.15, -0.1) is 0 Å². The van der Waals surface area contributed by atoms with Crippen molar-refractivity contribution in [2.75, 3.05) is 33.9 Å². The van der Waals surface area contributed by atoms with Crippen molar-refractivity contribution >= 4 is 12.0 Å². The standard InChI is InChI=1S/C13H22N2O5/c1-8-4-5-15(11(8)12(16)17)13(18)14-6-9(19-2)10(7-14)20-3/h8-11H,4-7H2,1-3H3,(H,16,17). The Morgan fingerprint density at radius 2 is 1.70 bits per heavy atom. The monoisotopic (exact) mass is 286 g/mol. The molecular weight excluding hydrogens is 264 g/mol. The zero-order valence-corrected chi connectivity index (χ0v) is 12.1. The largest absolute Gasteiger partial charge is 0.480 e. The van der Waals surface area contributed by atoms with E-state index in [2.05, 4.69) is 0 Å². The van der Waals surface area contributed by atoms with E-state index in [0.29, 0.717) is 19.6 Å². The number of hydrogen-bond acceptors (Lipinski definition) is 4. The first-order chi connectivity index (χ1) is 9.49. The van der Waals surface area contributed by atoms with Crippen LogP contribution in [-0.4, -0.2) is 79.0 Å². The van der Waals surface area contributed by atoms with Crippen molar-refractivity contribution in [1.29, 1.82) is 0 Å². The number of ether oxygens (including phenoxy) is 2. The van der Waals surface area contributed by atoms with Crippen LogP contribution in [0.5, 0.6) is 0 Å². The minimum absolute atomic E-state index is 0.0181. The highest BCUT2D eigenvalue weighted by atomic mass is 16.5. The quantitative estimate of drug-likeness (QED) is 0.804. The fourth-order valence-corrected chi connectivity index (χ4v) is 3.07. The topological polar surface area (TPSA) is 79.3 Å². The molecule has 0 aromatic rings. The lowest BCUT2D eigenvalue weighted by Crippen LogP contribution is -2.49. The molecule has 2 saturated heterocycles. The van der Waals surface area contributed by atoms with Crippen LogP contribution >= 0.6 is 0 Å². The number of methoxy groups -OCH3 is 2. The Morgan fingerprint density at radius 1 is 1.15 bits per heavy atom. The predicted octanol–water partition coefficient (Wildman–Crippen LogP) is 0.247. The number of carbonyl (C=O) groups excluding carboxylic acids is 1. The van der Waals surface area contributed by atoms with Gasteiger partial charge in [0, 0.05) is 20.8 Å². The summed E-state index contributed by atoms with van der Waals surface area (Å²) in [7, 11) is 3.17. The van der Waals surface area contributed by atoms with Gasteiger partial charge in [-0.25, -0.2) is 9.59 Å². The van der Waals surface area contributed by atoms with E-state index in [1.54, 1.807) is 19.1 Å². The van der Waals surface area contributed by atoms with E-state index in [0.717, 1.165) is 6.42 Å². The zero-order valence-electron chi connectivity index (χ0n) is 12.1. The number of urea groups is 1. The van der Waals surface area contributed by atoms with Crippen LogP contribution in [0.3, 0.4) is 0 Å². The summed E-state index contributed by atoms with van der Waals surface area (Å²) < 4.78 is 10.6. The van der Waals surface area contributed by atoms with E-state index in [1.165, 1.54) is 4.90 Å². The van der Waals surface area contributed by atoms with Gasteiger partial charge in [0.25, 0.3) is 0 Å². The summed E-state index contributed by atoms with van der Waals surface area (Å²) in [6.45, 7) is 3.23. The second-order valence-corrected chi connectivity index (χ2v) is 5.48. The van der Waals surface area contributed by atoms with Crippen molar-refractivity contribution in [3.8, 4) is 0 Å². The Morgan fingerprint density at radius 3 is 2.15 bits per heavy atom. The Kier molecular flexibility index (Phi) is 4.49. The molecule has 0 spiro atoms. The van der Waals surface area contributed by atoms with E-state index in [1.807, 2.05) is 6.92 Å². The zero-order chi connectivity index (χ0) is 14.9. The molecule has 0 aromatic heterocycles. The lowest BCUT2D eigenvalue weighted by atomic mass is 10.0. The molecule has 4 atom stereocenters. The van der Waals surface area contributed by atoms with Gasteiger partial charge in [0.15, 0.2) is 0 Å². The summed E-state index contributed by atoms with van der Waals surface area (Å²) in [5.41, 5.74) is 0. The van der Waals surface area contributed by atoms with Gasteiger partial charge < -0.3 is 24.4 Å². The average molecular weight is 286 g/mol. The highest BCUT2D eigenvalue weighted by Gasteiger charge is 2.44. The number of nitrogens with zero attached hydrogens (tertiary/aromatic N) is 2. The summed E-state index contributed by atoms with van der Waals surface area (Å²) >= 11 is 0. The van der Waals surface area contributed by atoms with E-state index in [4.69, 9.17) is 9.47 Å². The van der Waals surface area contributed by atoms with Crippen LogP contribution in [0.25, 0.3) is 0 Å². The van der Waals surface area contributed by atoms with Crippen LogP contribution in [0.4, 0.5) is 4.79 Å². The van der Waals surface area contributed by atoms with Crippen LogP contribution < -0.4 is 0 Å². The third kappa shape index (κ3) is 2.60. The molecule has 2 rings (SSSR count). The maximum Gasteiger partial charge on any atom is 0.326 e. The SMILES string of the molecule is COC1CN(C(=O)N2CCC(C)C2C(=O)O)CC1OC. The number of hydrogen-bond donors (Lipinski definition) is 1. The molecule has 0 aromatic carbocycles. The first-order valence-corrected chi connectivity index (χ1v) is 6.83. The van der Waals surface area contributed by atoms with E-state index >= 15 is 0 Å². The van der Waals surface area contributed by atoms with Crippen molar-refractivity contribution in [1.82, 2.24) is 9.80 Å². The van der Waals surface area contributed by atoms with Gasteiger partial charge in [0.1, 0.15) is 18.2 Å². The van der Waals surface area contributed by atoms with Gasteiger partial charge in [-0.1, -0.05) is 6.92 Å². The second kappa shape index (κ2) is 5.97. The minimum atomic E-state index is -0.936. The van der Waals surface area contributed by atoms with Gasteiger partial charge >= 0.3 is 12.0 Å². The minimum Gasteiger partial charge on any atom is -0.480 e. The van der Waals surface area contributed by atoms with Crippen molar-refractivity contribution in [3.63, 3.8) is 0 Å². The summed E-state index contributed by atoms with van der Waals surface area (Å²) in [6, 6.07) is -0.964. The number of rotatable bonds is 3. The second-order valence-electron chi connectivity index (χ2n) is 5.48. The predicted molar refractivity (Wildman–Crippen MR) is 70.5 cm³/mol. The molecule has 4 unspecified atom stereocenters. The van der Waals surface area contributed by atoms with Gasteiger partial charge in [-0.05, 0) is 12.3 Å². The molecule has 20 heavy (non-hydrogen) atoms. The highest BCUT2D eigenvalue weighted by molar-refractivity contribution is 5.83. The van der Waals surface area contributed by atoms with E-state index in [9.17, 15) is 14.7 Å². The number of amides is 2. The summed E-state index contributed by atoms with van der Waals surface area (Å²) in [5, 5.41) is 9.28. The number of carbonyl (C=O) groups is 2. The Hall–Kier alpha value is -1.34. The average Bonchev–Trinajstić information content (AvgIpc) is 3.00. The fraction of sp³-hybridized carbons (Fsp3) is 0.846. The van der Waals surface area contributed by atoms with Crippen LogP contribution in [-0.2, 0) is 14.3 Å². The van der Waals surface area contributed by atoms with Gasteiger partial charge in [0.05, 0.1) is 13.1 Å². The molecular formula is C13H22N2O5. The molecule has 0 saturated carbocycles. The molecule has 0 bridgehead atoms. The number of likely N-dealkylation sites (tertiary alicyclic amines) is 2. The van der Waals surface area contributed by atoms with Crippen LogP contribution in [0.15, 0.2) is 0 Å². The van der Waals surface area contributed by atoms with Crippen molar-refractivity contribution in [2.45, 2.75) is 31.6 Å². The maximum atomic E-state index is 12.5. The molecule has 1 N–H and O–H groups in total. The first kappa shape index (κ1) is 15.1. The van der Waals surface area contributed by atoms with Gasteiger partial charge in [-0.2, -0.15) is 0 Å². The van der Waals surface area contributed by atoms with E-state index in [-0.39, 0.29) is 24.2 Å². The molecule has 2 fully saturated rings. The number of aliphatic carboxylic acids is 1. The van der Waals surface area contributed by atoms with Crippen molar-refractivity contribution in [2.24, 2.45) is 5.92 Å². The lowest BCUT2D eigenvalue weighted by molar-refractivity contribution is -0.142. The Bertz CT molecular complexity index is 377. The number of carboxylic acids is 1. The summed E-state index contributed by atoms with van der Waals surface area (Å²) in [6.07, 6.45) is 0.400. The molecule has 2 aliphatic heterocycles. The Labute approximate surface area is 118 Å². The van der Waals surface area contributed by atoms with Gasteiger partial charge in [-0.3, -0.25) is 0 Å². The van der Waals surface area contributed by atoms with Crippen molar-refractivity contribution in [3.05, 3.63) is 0 Å².